The van der Waals surface area contributed by atoms with Gasteiger partial charge >= 0.3 is 0 Å². The predicted molar refractivity (Wildman–Crippen MR) is 56.5 cm³/mol. The summed E-state index contributed by atoms with van der Waals surface area (Å²) >= 11 is 3.56. The van der Waals surface area contributed by atoms with Gasteiger partial charge in [0.2, 0.25) is 0 Å². The fourth-order valence-corrected chi connectivity index (χ4v) is 2.44. The van der Waals surface area contributed by atoms with Crippen LogP contribution in [0.4, 0.5) is 0 Å². The summed E-state index contributed by atoms with van der Waals surface area (Å²) in [4.78, 5) is 12.0. The monoisotopic (exact) mass is 257 g/mol. The number of furan rings is 1. The first kappa shape index (κ1) is 9.77. The minimum absolute atomic E-state index is 0.0462. The summed E-state index contributed by atoms with van der Waals surface area (Å²) in [6.07, 6.45) is 6.34. The number of hydrogen-bond acceptors (Lipinski definition) is 2. The van der Waals surface area contributed by atoms with Crippen LogP contribution >= 0.6 is 15.9 Å². The van der Waals surface area contributed by atoms with Gasteiger partial charge in [-0.25, -0.2) is 0 Å². The smallest absolute Gasteiger partial charge is 0.254 e. The zero-order valence-electron chi connectivity index (χ0n) is 7.70. The summed E-state index contributed by atoms with van der Waals surface area (Å²) in [5, 5.41) is 2.99. The molecule has 3 nitrogen and oxygen atoms in total. The third kappa shape index (κ3) is 2.00. The van der Waals surface area contributed by atoms with Crippen LogP contribution < -0.4 is 5.32 Å². The molecule has 1 aromatic rings. The summed E-state index contributed by atoms with van der Waals surface area (Å²) in [7, 11) is 0. The Morgan fingerprint density at radius 1 is 1.57 bits per heavy atom. The number of halogens is 1. The van der Waals surface area contributed by atoms with Gasteiger partial charge in [-0.15, -0.1) is 0 Å². The zero-order valence-corrected chi connectivity index (χ0v) is 9.29. The topological polar surface area (TPSA) is 42.2 Å². The molecule has 0 radical (unpaired) electrons. The summed E-state index contributed by atoms with van der Waals surface area (Å²) in [5.74, 6) is -0.0462. The average molecular weight is 258 g/mol. The molecule has 2 atom stereocenters. The van der Waals surface area contributed by atoms with Gasteiger partial charge in [0.15, 0.2) is 0 Å². The van der Waals surface area contributed by atoms with Crippen molar-refractivity contribution in [2.24, 2.45) is 0 Å². The van der Waals surface area contributed by atoms with E-state index in [1.807, 2.05) is 0 Å². The number of nitrogens with one attached hydrogen (secondary N) is 1. The van der Waals surface area contributed by atoms with Crippen LogP contribution in [0.25, 0.3) is 0 Å². The van der Waals surface area contributed by atoms with Gasteiger partial charge in [-0.2, -0.15) is 0 Å². The lowest BCUT2D eigenvalue weighted by Gasteiger charge is -2.15. The molecule has 1 fully saturated rings. The van der Waals surface area contributed by atoms with Crippen LogP contribution in [0.5, 0.6) is 0 Å². The van der Waals surface area contributed by atoms with Crippen LogP contribution in [0.3, 0.4) is 0 Å². The Morgan fingerprint density at radius 2 is 2.43 bits per heavy atom. The Hall–Kier alpha value is -0.770. The van der Waals surface area contributed by atoms with E-state index >= 15 is 0 Å². The second kappa shape index (κ2) is 4.17. The highest BCUT2D eigenvalue weighted by Crippen LogP contribution is 2.25. The molecule has 1 aromatic heterocycles. The van der Waals surface area contributed by atoms with E-state index in [-0.39, 0.29) is 11.9 Å². The van der Waals surface area contributed by atoms with Crippen LogP contribution in [0.1, 0.15) is 29.6 Å². The second-order valence-electron chi connectivity index (χ2n) is 3.54. The second-order valence-corrected chi connectivity index (χ2v) is 4.72. The molecule has 1 heterocycles. The van der Waals surface area contributed by atoms with Crippen LogP contribution in [0.15, 0.2) is 23.0 Å². The van der Waals surface area contributed by atoms with Crippen molar-refractivity contribution in [3.05, 3.63) is 24.2 Å². The van der Waals surface area contributed by atoms with Crippen LogP contribution in [0.2, 0.25) is 0 Å². The quantitative estimate of drug-likeness (QED) is 0.827. The molecule has 0 saturated heterocycles. The molecule has 1 N–H and O–H groups in total. The number of carbonyl (C=O) groups is 1. The maximum atomic E-state index is 11.6. The van der Waals surface area contributed by atoms with Crippen molar-refractivity contribution in [2.75, 3.05) is 0 Å². The van der Waals surface area contributed by atoms with Crippen LogP contribution in [-0.2, 0) is 0 Å². The van der Waals surface area contributed by atoms with E-state index in [1.54, 1.807) is 6.07 Å². The molecule has 4 heteroatoms. The lowest BCUT2D eigenvalue weighted by molar-refractivity contribution is 0.0938. The van der Waals surface area contributed by atoms with Gasteiger partial charge in [-0.1, -0.05) is 22.4 Å². The highest BCUT2D eigenvalue weighted by molar-refractivity contribution is 9.09. The third-order valence-corrected chi connectivity index (χ3v) is 3.63. The van der Waals surface area contributed by atoms with Crippen molar-refractivity contribution in [3.8, 4) is 0 Å². The van der Waals surface area contributed by atoms with Gasteiger partial charge in [-0.05, 0) is 18.9 Å². The average Bonchev–Trinajstić information content (AvgIpc) is 2.77. The summed E-state index contributed by atoms with van der Waals surface area (Å²) < 4.78 is 4.85. The zero-order chi connectivity index (χ0) is 9.97. The molecule has 14 heavy (non-hydrogen) atoms. The van der Waals surface area contributed by atoms with Crippen molar-refractivity contribution < 1.29 is 9.21 Å². The number of amides is 1. The molecule has 2 unspecified atom stereocenters. The van der Waals surface area contributed by atoms with Crippen molar-refractivity contribution in [2.45, 2.75) is 30.1 Å². The van der Waals surface area contributed by atoms with Gasteiger partial charge in [0.25, 0.3) is 5.91 Å². The minimum atomic E-state index is -0.0462. The summed E-state index contributed by atoms with van der Waals surface area (Å²) in [5.41, 5.74) is 0.594. The molecule has 1 aliphatic carbocycles. The van der Waals surface area contributed by atoms with Crippen LogP contribution in [-0.4, -0.2) is 16.8 Å². The lowest BCUT2D eigenvalue weighted by Crippen LogP contribution is -2.37. The first-order valence-corrected chi connectivity index (χ1v) is 5.66. The Kier molecular flexibility index (Phi) is 2.91. The van der Waals surface area contributed by atoms with E-state index in [0.717, 1.165) is 12.8 Å². The Labute approximate surface area is 91.0 Å². The van der Waals surface area contributed by atoms with Crippen molar-refractivity contribution in [1.29, 1.82) is 0 Å². The fraction of sp³-hybridized carbons (Fsp3) is 0.500. The van der Waals surface area contributed by atoms with Gasteiger partial charge in [0, 0.05) is 10.9 Å². The van der Waals surface area contributed by atoms with E-state index in [2.05, 4.69) is 21.2 Å². The van der Waals surface area contributed by atoms with E-state index < -0.39 is 0 Å². The third-order valence-electron chi connectivity index (χ3n) is 2.53. The normalized spacial score (nSPS) is 26.4. The standard InChI is InChI=1S/C10H12BrNO2/c11-8-2-1-3-9(8)12-10(13)7-4-5-14-6-7/h4-6,8-9H,1-3H2,(H,12,13). The molecule has 76 valence electrons. The maximum Gasteiger partial charge on any atom is 0.254 e. The van der Waals surface area contributed by atoms with Gasteiger partial charge < -0.3 is 9.73 Å². The van der Waals surface area contributed by atoms with E-state index in [0.29, 0.717) is 10.4 Å². The number of carbonyl (C=O) groups excluding carboxylic acids is 1. The predicted octanol–water partition coefficient (Wildman–Crippen LogP) is 2.33. The molecule has 0 aliphatic heterocycles. The van der Waals surface area contributed by atoms with Gasteiger partial charge in [-0.3, -0.25) is 4.79 Å². The first-order valence-electron chi connectivity index (χ1n) is 4.74. The van der Waals surface area contributed by atoms with Crippen molar-refractivity contribution in [1.82, 2.24) is 5.32 Å². The van der Waals surface area contributed by atoms with Crippen molar-refractivity contribution >= 4 is 21.8 Å². The Balaban J connectivity index is 1.95. The SMILES string of the molecule is O=C(NC1CCCC1Br)c1ccoc1. The number of rotatable bonds is 2. The van der Waals surface area contributed by atoms with Gasteiger partial charge in [0.1, 0.15) is 6.26 Å². The van der Waals surface area contributed by atoms with Crippen LogP contribution in [0, 0.1) is 0 Å². The molecule has 0 spiro atoms. The maximum absolute atomic E-state index is 11.6. The molecular formula is C10H12BrNO2. The van der Waals surface area contributed by atoms with Gasteiger partial charge in [0.05, 0.1) is 11.8 Å². The number of alkyl halides is 1. The fourth-order valence-electron chi connectivity index (χ4n) is 1.72. The lowest BCUT2D eigenvalue weighted by atomic mass is 10.2. The molecule has 0 aromatic carbocycles. The highest BCUT2D eigenvalue weighted by Gasteiger charge is 2.26. The molecule has 0 bridgehead atoms. The Morgan fingerprint density at radius 3 is 3.00 bits per heavy atom. The first-order chi connectivity index (χ1) is 6.77. The largest absolute Gasteiger partial charge is 0.472 e. The minimum Gasteiger partial charge on any atom is -0.472 e. The van der Waals surface area contributed by atoms with Crippen molar-refractivity contribution in [3.63, 3.8) is 0 Å². The molecule has 1 aliphatic rings. The van der Waals surface area contributed by atoms with E-state index in [9.17, 15) is 4.79 Å². The Bertz CT molecular complexity index is 310. The molecule has 2 rings (SSSR count). The highest BCUT2D eigenvalue weighted by atomic mass is 79.9. The summed E-state index contributed by atoms with van der Waals surface area (Å²) in [6.45, 7) is 0. The molecule has 1 saturated carbocycles. The molecular weight excluding hydrogens is 246 g/mol. The van der Waals surface area contributed by atoms with E-state index in [1.165, 1.54) is 18.9 Å². The van der Waals surface area contributed by atoms with E-state index in [4.69, 9.17) is 4.42 Å². The summed E-state index contributed by atoms with van der Waals surface area (Å²) in [6, 6.07) is 1.94. The molecule has 1 amide bonds. The number of hydrogen-bond donors (Lipinski definition) is 1.